The van der Waals surface area contributed by atoms with Gasteiger partial charge >= 0.3 is 0 Å². The van der Waals surface area contributed by atoms with Crippen molar-refractivity contribution >= 4 is 17.1 Å². The lowest BCUT2D eigenvalue weighted by atomic mass is 10.2. The molecule has 0 aromatic heterocycles. The van der Waals surface area contributed by atoms with Gasteiger partial charge in [-0.1, -0.05) is 0 Å². The van der Waals surface area contributed by atoms with Crippen molar-refractivity contribution < 1.29 is 14.4 Å². The van der Waals surface area contributed by atoms with E-state index in [9.17, 15) is 10.1 Å². The lowest BCUT2D eigenvalue weighted by molar-refractivity contribution is -0.383. The highest BCUT2D eigenvalue weighted by molar-refractivity contribution is 5.69. The van der Waals surface area contributed by atoms with E-state index in [1.165, 1.54) is 0 Å². The molecule has 1 aromatic rings. The number of benzene rings is 1. The summed E-state index contributed by atoms with van der Waals surface area (Å²) in [5.41, 5.74) is 1.66. The summed E-state index contributed by atoms with van der Waals surface area (Å²) in [4.78, 5) is 13.0. The third-order valence-electron chi connectivity index (χ3n) is 4.10. The maximum Gasteiger partial charge on any atom is 0.292 e. The van der Waals surface area contributed by atoms with Gasteiger partial charge in [0.2, 0.25) is 0 Å². The molecule has 0 saturated carbocycles. The SMILES string of the molecule is O=[N+]([O-])c1ccc(N2CCOCC2)cc1NCC1CCCO1. The molecule has 0 aliphatic carbocycles. The summed E-state index contributed by atoms with van der Waals surface area (Å²) in [6, 6.07) is 5.24. The molecular formula is C15H21N3O4. The minimum atomic E-state index is -0.346. The quantitative estimate of drug-likeness (QED) is 0.662. The summed E-state index contributed by atoms with van der Waals surface area (Å²) in [6.07, 6.45) is 2.21. The fraction of sp³-hybridized carbons (Fsp3) is 0.600. The predicted octanol–water partition coefficient (Wildman–Crippen LogP) is 2.02. The maximum atomic E-state index is 11.2. The summed E-state index contributed by atoms with van der Waals surface area (Å²) in [6.45, 7) is 4.38. The molecule has 120 valence electrons. The lowest BCUT2D eigenvalue weighted by Gasteiger charge is -2.29. The summed E-state index contributed by atoms with van der Waals surface area (Å²) >= 11 is 0. The van der Waals surface area contributed by atoms with Gasteiger partial charge in [0.1, 0.15) is 5.69 Å². The van der Waals surface area contributed by atoms with Crippen molar-refractivity contribution in [2.24, 2.45) is 0 Å². The maximum absolute atomic E-state index is 11.2. The molecular weight excluding hydrogens is 286 g/mol. The fourth-order valence-electron chi connectivity index (χ4n) is 2.87. The summed E-state index contributed by atoms with van der Waals surface area (Å²) in [5, 5.41) is 14.4. The standard InChI is InChI=1S/C15H21N3O4/c19-18(20)15-4-3-12(17-5-8-21-9-6-17)10-14(15)16-11-13-2-1-7-22-13/h3-4,10,13,16H,1-2,5-9,11H2. The molecule has 0 radical (unpaired) electrons. The second-order valence-corrected chi connectivity index (χ2v) is 5.57. The van der Waals surface area contributed by atoms with Gasteiger partial charge in [-0.15, -0.1) is 0 Å². The number of nitro benzene ring substituents is 1. The van der Waals surface area contributed by atoms with E-state index in [2.05, 4.69) is 10.2 Å². The second kappa shape index (κ2) is 6.93. The third-order valence-corrected chi connectivity index (χ3v) is 4.10. The number of nitro groups is 1. The van der Waals surface area contributed by atoms with Crippen LogP contribution >= 0.6 is 0 Å². The monoisotopic (exact) mass is 307 g/mol. The number of morpholine rings is 1. The molecule has 2 aliphatic heterocycles. The Morgan fingerprint density at radius 3 is 2.82 bits per heavy atom. The van der Waals surface area contributed by atoms with Crippen molar-refractivity contribution in [2.45, 2.75) is 18.9 Å². The Hall–Kier alpha value is -1.86. The first-order valence-electron chi connectivity index (χ1n) is 7.70. The number of hydrogen-bond acceptors (Lipinski definition) is 6. The molecule has 1 aromatic carbocycles. The van der Waals surface area contributed by atoms with Crippen molar-refractivity contribution in [3.8, 4) is 0 Å². The minimum absolute atomic E-state index is 0.106. The molecule has 0 spiro atoms. The Labute approximate surface area is 129 Å². The Bertz CT molecular complexity index is 526. The molecule has 7 nitrogen and oxygen atoms in total. The van der Waals surface area contributed by atoms with Crippen molar-refractivity contribution in [3.05, 3.63) is 28.3 Å². The molecule has 7 heteroatoms. The number of hydrogen-bond donors (Lipinski definition) is 1. The lowest BCUT2D eigenvalue weighted by Crippen LogP contribution is -2.36. The van der Waals surface area contributed by atoms with Crippen LogP contribution in [0.5, 0.6) is 0 Å². The smallest absolute Gasteiger partial charge is 0.292 e. The van der Waals surface area contributed by atoms with Gasteiger partial charge in [0.15, 0.2) is 0 Å². The molecule has 1 N–H and O–H groups in total. The van der Waals surface area contributed by atoms with Crippen molar-refractivity contribution in [1.29, 1.82) is 0 Å². The normalized spacial score (nSPS) is 21.8. The Kier molecular flexibility index (Phi) is 4.74. The molecule has 1 unspecified atom stereocenters. The van der Waals surface area contributed by atoms with Crippen LogP contribution in [0.4, 0.5) is 17.1 Å². The summed E-state index contributed by atoms with van der Waals surface area (Å²) < 4.78 is 10.9. The summed E-state index contributed by atoms with van der Waals surface area (Å²) in [5.74, 6) is 0. The van der Waals surface area contributed by atoms with Gasteiger partial charge in [0.25, 0.3) is 5.69 Å². The molecule has 2 heterocycles. The van der Waals surface area contributed by atoms with Crippen LogP contribution in [-0.2, 0) is 9.47 Å². The van der Waals surface area contributed by atoms with Gasteiger partial charge < -0.3 is 19.7 Å². The van der Waals surface area contributed by atoms with E-state index in [1.807, 2.05) is 6.07 Å². The zero-order valence-corrected chi connectivity index (χ0v) is 12.5. The molecule has 0 amide bonds. The largest absolute Gasteiger partial charge is 0.378 e. The molecule has 2 saturated heterocycles. The third kappa shape index (κ3) is 3.48. The minimum Gasteiger partial charge on any atom is -0.378 e. The first-order chi connectivity index (χ1) is 10.7. The zero-order chi connectivity index (χ0) is 15.4. The van der Waals surface area contributed by atoms with E-state index in [0.29, 0.717) is 25.4 Å². The average molecular weight is 307 g/mol. The van der Waals surface area contributed by atoms with Crippen LogP contribution < -0.4 is 10.2 Å². The molecule has 1 atom stereocenters. The van der Waals surface area contributed by atoms with Gasteiger partial charge in [-0.25, -0.2) is 0 Å². The number of rotatable bonds is 5. The Morgan fingerprint density at radius 1 is 1.32 bits per heavy atom. The van der Waals surface area contributed by atoms with Crippen LogP contribution in [0, 0.1) is 10.1 Å². The van der Waals surface area contributed by atoms with Gasteiger partial charge in [0.05, 0.1) is 24.2 Å². The van der Waals surface area contributed by atoms with Crippen LogP contribution in [0.2, 0.25) is 0 Å². The number of anilines is 2. The zero-order valence-electron chi connectivity index (χ0n) is 12.5. The number of ether oxygens (including phenoxy) is 2. The highest BCUT2D eigenvalue weighted by Gasteiger charge is 2.20. The van der Waals surface area contributed by atoms with Crippen molar-refractivity contribution in [3.63, 3.8) is 0 Å². The molecule has 22 heavy (non-hydrogen) atoms. The van der Waals surface area contributed by atoms with Crippen LogP contribution in [0.1, 0.15) is 12.8 Å². The first-order valence-corrected chi connectivity index (χ1v) is 7.70. The molecule has 3 rings (SSSR count). The first kappa shape index (κ1) is 15.1. The Balaban J connectivity index is 1.75. The van der Waals surface area contributed by atoms with Crippen LogP contribution in [0.25, 0.3) is 0 Å². The highest BCUT2D eigenvalue weighted by atomic mass is 16.6. The number of nitrogens with one attached hydrogen (secondary N) is 1. The van der Waals surface area contributed by atoms with Crippen LogP contribution in [-0.4, -0.2) is 50.5 Å². The van der Waals surface area contributed by atoms with Crippen LogP contribution in [0.15, 0.2) is 18.2 Å². The molecule has 2 aliphatic rings. The van der Waals surface area contributed by atoms with Crippen molar-refractivity contribution in [2.75, 3.05) is 49.7 Å². The fourth-order valence-corrected chi connectivity index (χ4v) is 2.87. The highest BCUT2D eigenvalue weighted by Crippen LogP contribution is 2.30. The van der Waals surface area contributed by atoms with E-state index in [4.69, 9.17) is 9.47 Å². The van der Waals surface area contributed by atoms with E-state index >= 15 is 0 Å². The predicted molar refractivity (Wildman–Crippen MR) is 83.6 cm³/mol. The van der Waals surface area contributed by atoms with Gasteiger partial charge in [0, 0.05) is 38.0 Å². The van der Waals surface area contributed by atoms with Crippen LogP contribution in [0.3, 0.4) is 0 Å². The average Bonchev–Trinajstić information content (AvgIpc) is 3.07. The topological polar surface area (TPSA) is 76.9 Å². The van der Waals surface area contributed by atoms with Crippen molar-refractivity contribution in [1.82, 2.24) is 0 Å². The van der Waals surface area contributed by atoms with Gasteiger partial charge in [-0.05, 0) is 25.0 Å². The van der Waals surface area contributed by atoms with E-state index in [0.717, 1.165) is 38.2 Å². The molecule has 0 bridgehead atoms. The van der Waals surface area contributed by atoms with E-state index in [1.54, 1.807) is 12.1 Å². The van der Waals surface area contributed by atoms with E-state index < -0.39 is 0 Å². The second-order valence-electron chi connectivity index (χ2n) is 5.57. The van der Waals surface area contributed by atoms with Gasteiger partial charge in [-0.3, -0.25) is 10.1 Å². The summed E-state index contributed by atoms with van der Waals surface area (Å²) in [7, 11) is 0. The molecule has 2 fully saturated rings. The van der Waals surface area contributed by atoms with E-state index in [-0.39, 0.29) is 16.7 Å². The number of nitrogens with zero attached hydrogens (tertiary/aromatic N) is 2. The van der Waals surface area contributed by atoms with Gasteiger partial charge in [-0.2, -0.15) is 0 Å². The Morgan fingerprint density at radius 2 is 2.14 bits per heavy atom.